The van der Waals surface area contributed by atoms with E-state index in [-0.39, 0.29) is 44.5 Å². The number of benzene rings is 1. The predicted molar refractivity (Wildman–Crippen MR) is 193 cm³/mol. The molecule has 0 heterocycles. The van der Waals surface area contributed by atoms with Crippen LogP contribution in [0.4, 0.5) is 13.6 Å². The van der Waals surface area contributed by atoms with Gasteiger partial charge in [0.2, 0.25) is 11.5 Å². The lowest BCUT2D eigenvalue weighted by Crippen LogP contribution is -2.71. The van der Waals surface area contributed by atoms with Gasteiger partial charge in [-0.05, 0) is 81.2 Å². The number of phenols is 2. The molecule has 1 aromatic carbocycles. The van der Waals surface area contributed by atoms with Gasteiger partial charge in [-0.25, -0.2) is 18.4 Å². The fraction of sp³-hybridized carbons (Fsp3) is 0.605. The van der Waals surface area contributed by atoms with Crippen molar-refractivity contribution in [3.8, 4) is 17.2 Å². The summed E-state index contributed by atoms with van der Waals surface area (Å²) in [5.74, 6) is -9.74. The van der Waals surface area contributed by atoms with Gasteiger partial charge in [0.25, 0.3) is 10.2 Å². The number of carbonyl (C=O) groups excluding carboxylic acids is 5. The van der Waals surface area contributed by atoms with Crippen molar-refractivity contribution in [2.75, 3.05) is 26.4 Å². The maximum atomic E-state index is 17.8. The highest BCUT2D eigenvalue weighted by Gasteiger charge is 2.78. The summed E-state index contributed by atoms with van der Waals surface area (Å²) < 4.78 is 55.0. The molecule has 3 N–H and O–H groups in total. The first-order valence-corrected chi connectivity index (χ1v) is 19.0. The number of nitrogens with zero attached hydrogens (tertiary/aromatic N) is 2. The van der Waals surface area contributed by atoms with Crippen molar-refractivity contribution in [3.05, 3.63) is 61.7 Å². The molecule has 5 rings (SSSR count). The van der Waals surface area contributed by atoms with Crippen LogP contribution in [0.1, 0.15) is 76.1 Å². The van der Waals surface area contributed by atoms with Crippen molar-refractivity contribution in [1.82, 2.24) is 0 Å². The molecule has 3 fully saturated rings. The number of hydrogen-bond acceptors (Lipinski definition) is 18. The number of carbonyl (C=O) groups is 5. The minimum Gasteiger partial charge on any atom is -0.504 e. The van der Waals surface area contributed by atoms with Crippen LogP contribution in [0, 0.1) is 48.8 Å². The average molecular weight is 855 g/mol. The van der Waals surface area contributed by atoms with Crippen LogP contribution in [-0.4, -0.2) is 105 Å². The first-order valence-electron chi connectivity index (χ1n) is 19.0. The molecule has 0 aliphatic heterocycles. The van der Waals surface area contributed by atoms with Crippen LogP contribution >= 0.6 is 0 Å². The van der Waals surface area contributed by atoms with Crippen LogP contribution in [0.25, 0.3) is 0 Å². The number of aliphatic hydroxyl groups is 1. The third kappa shape index (κ3) is 8.15. The molecule has 0 amide bonds. The Morgan fingerprint density at radius 2 is 1.60 bits per heavy atom. The van der Waals surface area contributed by atoms with Gasteiger partial charge in [-0.2, -0.15) is 0 Å². The number of unbranched alkanes of at least 4 members (excludes halogenated alkanes) is 1. The van der Waals surface area contributed by atoms with Crippen LogP contribution in [0.15, 0.2) is 35.9 Å². The fourth-order valence-corrected chi connectivity index (χ4v) is 9.71. The summed E-state index contributed by atoms with van der Waals surface area (Å²) in [6.45, 7) is 2.17. The summed E-state index contributed by atoms with van der Waals surface area (Å²) in [5, 5.41) is 51.2. The van der Waals surface area contributed by atoms with E-state index in [1.54, 1.807) is 0 Å². The van der Waals surface area contributed by atoms with Gasteiger partial charge in [-0.1, -0.05) is 19.9 Å². The predicted octanol–water partition coefficient (Wildman–Crippen LogP) is 4.16. The molecule has 0 spiro atoms. The van der Waals surface area contributed by atoms with Gasteiger partial charge in [0.15, 0.2) is 35.2 Å². The highest BCUT2D eigenvalue weighted by atomic mass is 19.1. The number of rotatable bonds is 17. The molecule has 60 heavy (non-hydrogen) atoms. The lowest BCUT2D eigenvalue weighted by molar-refractivity contribution is -0.757. The average Bonchev–Trinajstić information content (AvgIpc) is 3.39. The second-order valence-electron chi connectivity index (χ2n) is 15.7. The fourth-order valence-electron chi connectivity index (χ4n) is 9.71. The van der Waals surface area contributed by atoms with E-state index in [2.05, 4.69) is 9.68 Å². The number of aliphatic hydroxyl groups excluding tert-OH is 1. The van der Waals surface area contributed by atoms with E-state index in [4.69, 9.17) is 18.9 Å². The molecule has 1 aromatic rings. The van der Waals surface area contributed by atoms with Gasteiger partial charge in [0.05, 0.1) is 31.5 Å². The van der Waals surface area contributed by atoms with Crippen molar-refractivity contribution in [3.63, 3.8) is 0 Å². The smallest absolute Gasteiger partial charge is 0.504 e. The molecule has 0 bridgehead atoms. The van der Waals surface area contributed by atoms with Gasteiger partial charge in [-0.3, -0.25) is 14.4 Å². The van der Waals surface area contributed by atoms with Crippen molar-refractivity contribution in [2.45, 2.75) is 89.3 Å². The lowest BCUT2D eigenvalue weighted by atomic mass is 9.44. The SMILES string of the molecule is C[C@@H]1CC2C3C[C@H](F)C4=CC(=O)C=C[C@]4(C)[C@@]3(F)[C@@H](O)C[C@]2(C)[C@@]1(OC(=O)CCCO[N+](=O)[O-])C(=O)COC(=O)Oc1cc(C(=O)OCCCCO[N+](=O)[O-])cc(O)c1O. The summed E-state index contributed by atoms with van der Waals surface area (Å²) in [7, 11) is 0. The number of fused-ring (bicyclic) bond motifs is 5. The Labute approximate surface area is 339 Å². The largest absolute Gasteiger partial charge is 0.514 e. The molecular weight excluding hydrogens is 810 g/mol. The number of alkyl halides is 2. The standard InChI is InChI=1S/C38H44F2N2O18/c1-20-13-23-24-17-26(39)25-16-22(43)8-9-35(25,2)37(24,40)29(45)18-36(23,3)38(20,60-31(47)7-6-12-58-42(53)54)30(46)19-56-34(50)59-28-15-21(14-27(44)32(28)48)33(49)55-10-4-5-11-57-41(51)52/h8-9,14-16,20,23-24,26,29,44-45,48H,4-7,10-13,17-19H2,1-3H3/t20-,23?,24?,26+,29+,35+,36+,37+,38+/m1/s1. The van der Waals surface area contributed by atoms with Gasteiger partial charge in [0.1, 0.15) is 6.17 Å². The number of aromatic hydroxyl groups is 2. The molecule has 4 aliphatic rings. The third-order valence-electron chi connectivity index (χ3n) is 12.4. The lowest BCUT2D eigenvalue weighted by Gasteiger charge is -2.63. The summed E-state index contributed by atoms with van der Waals surface area (Å²) >= 11 is 0. The number of phenolic OH excluding ortho intramolecular Hbond substituents is 2. The van der Waals surface area contributed by atoms with Crippen LogP contribution in [0.2, 0.25) is 0 Å². The topological polar surface area (TPSA) is 288 Å². The van der Waals surface area contributed by atoms with Crippen molar-refractivity contribution in [2.24, 2.45) is 28.6 Å². The number of esters is 2. The number of Topliss-reactive ketones (excluding diaryl/α,β-unsaturated/α-hetero) is 1. The Balaban J connectivity index is 1.38. The van der Waals surface area contributed by atoms with Gasteiger partial charge < -0.3 is 43.9 Å². The van der Waals surface area contributed by atoms with E-state index in [0.717, 1.165) is 24.3 Å². The van der Waals surface area contributed by atoms with E-state index in [0.29, 0.717) is 0 Å². The van der Waals surface area contributed by atoms with Crippen molar-refractivity contribution in [1.29, 1.82) is 0 Å². The van der Waals surface area contributed by atoms with E-state index in [1.165, 1.54) is 26.8 Å². The zero-order chi connectivity index (χ0) is 44.4. The molecule has 3 saturated carbocycles. The van der Waals surface area contributed by atoms with E-state index >= 15 is 8.78 Å². The molecule has 328 valence electrons. The number of hydrogen-bond donors (Lipinski definition) is 3. The van der Waals surface area contributed by atoms with E-state index in [1.807, 2.05) is 0 Å². The first-order chi connectivity index (χ1) is 28.1. The Kier molecular flexibility index (Phi) is 13.1. The van der Waals surface area contributed by atoms with Gasteiger partial charge in [0, 0.05) is 29.1 Å². The molecule has 20 nitrogen and oxygen atoms in total. The van der Waals surface area contributed by atoms with Gasteiger partial charge >= 0.3 is 18.1 Å². The van der Waals surface area contributed by atoms with Crippen LogP contribution < -0.4 is 4.74 Å². The summed E-state index contributed by atoms with van der Waals surface area (Å²) in [5.41, 5.74) is -8.83. The van der Waals surface area contributed by atoms with Crippen LogP contribution in [-0.2, 0) is 38.3 Å². The Bertz CT molecular complexity index is 1990. The number of halogens is 2. The van der Waals surface area contributed by atoms with Crippen molar-refractivity contribution >= 4 is 29.7 Å². The number of allylic oxidation sites excluding steroid dienone is 4. The highest BCUT2D eigenvalue weighted by Crippen LogP contribution is 2.71. The van der Waals surface area contributed by atoms with Crippen LogP contribution in [0.3, 0.4) is 0 Å². The summed E-state index contributed by atoms with van der Waals surface area (Å²) in [6, 6.07) is 1.60. The van der Waals surface area contributed by atoms with E-state index < -0.39 is 147 Å². The minimum atomic E-state index is -2.56. The molecule has 4 aliphatic carbocycles. The molecule has 9 atom stereocenters. The van der Waals surface area contributed by atoms with Crippen molar-refractivity contribution < 1.29 is 86.9 Å². The maximum absolute atomic E-state index is 17.8. The summed E-state index contributed by atoms with van der Waals surface area (Å²) in [4.78, 5) is 95.1. The molecular formula is C38H44F2N2O18. The molecule has 0 radical (unpaired) electrons. The maximum Gasteiger partial charge on any atom is 0.514 e. The van der Waals surface area contributed by atoms with E-state index in [9.17, 15) is 59.5 Å². The Morgan fingerprint density at radius 1 is 0.950 bits per heavy atom. The zero-order valence-electron chi connectivity index (χ0n) is 32.7. The normalized spacial score (nSPS) is 31.3. The quantitative estimate of drug-likeness (QED) is 0.0377. The number of ketones is 2. The molecule has 0 saturated heterocycles. The Hall–Kier alpha value is -5.93. The second-order valence-corrected chi connectivity index (χ2v) is 15.7. The second kappa shape index (κ2) is 17.3. The van der Waals surface area contributed by atoms with Crippen LogP contribution in [0.5, 0.6) is 17.2 Å². The first kappa shape index (κ1) is 45.2. The molecule has 0 aromatic heterocycles. The third-order valence-corrected chi connectivity index (χ3v) is 12.4. The molecule has 22 heteroatoms. The van der Waals surface area contributed by atoms with Gasteiger partial charge in [-0.15, -0.1) is 20.2 Å². The monoisotopic (exact) mass is 854 g/mol. The minimum absolute atomic E-state index is 0.0549. The Morgan fingerprint density at radius 3 is 2.27 bits per heavy atom. The zero-order valence-corrected chi connectivity index (χ0v) is 32.7. The number of ether oxygens (including phenoxy) is 4. The molecule has 2 unspecified atom stereocenters. The highest BCUT2D eigenvalue weighted by molar-refractivity contribution is 6.01. The summed E-state index contributed by atoms with van der Waals surface area (Å²) in [6.07, 6.45) is -3.58.